The zero-order valence-corrected chi connectivity index (χ0v) is 20.1. The van der Waals surface area contributed by atoms with Gasteiger partial charge in [0.1, 0.15) is 22.1 Å². The number of carbonyl (C=O) groups is 2. The molecule has 34 heavy (non-hydrogen) atoms. The Morgan fingerprint density at radius 2 is 1.94 bits per heavy atom. The number of carboxylic acid groups (broad SMARTS) is 1. The van der Waals surface area contributed by atoms with Crippen molar-refractivity contribution in [1.82, 2.24) is 25.0 Å². The molecule has 1 fully saturated rings. The van der Waals surface area contributed by atoms with Crippen LogP contribution in [0.15, 0.2) is 82.7 Å². The molecule has 3 aromatic rings. The summed E-state index contributed by atoms with van der Waals surface area (Å²) in [6, 6.07) is 14.6. The Hall–Kier alpha value is -3.15. The van der Waals surface area contributed by atoms with E-state index in [1.807, 2.05) is 48.5 Å². The van der Waals surface area contributed by atoms with E-state index in [9.17, 15) is 14.7 Å². The van der Waals surface area contributed by atoms with Crippen LogP contribution in [0.4, 0.5) is 0 Å². The smallest absolute Gasteiger partial charge is 0.353 e. The molecule has 2 aliphatic rings. The first-order valence-corrected chi connectivity index (χ1v) is 12.7. The van der Waals surface area contributed by atoms with Crippen molar-refractivity contribution < 1.29 is 14.7 Å². The lowest BCUT2D eigenvalue weighted by Crippen LogP contribution is -2.70. The number of thioether (sulfide) groups is 2. The van der Waals surface area contributed by atoms with Crippen LogP contribution in [0.3, 0.4) is 0 Å². The second-order valence-electron chi connectivity index (χ2n) is 7.58. The van der Waals surface area contributed by atoms with Gasteiger partial charge in [0.25, 0.3) is 5.91 Å². The molecule has 0 saturated carbocycles. The van der Waals surface area contributed by atoms with Gasteiger partial charge in [-0.2, -0.15) is 5.10 Å². The number of benzene rings is 1. The van der Waals surface area contributed by atoms with Crippen molar-refractivity contribution in [3.8, 4) is 5.69 Å². The summed E-state index contributed by atoms with van der Waals surface area (Å²) < 4.78 is 1.76. The number of nitrogens with one attached hydrogen (secondary N) is 1. The summed E-state index contributed by atoms with van der Waals surface area (Å²) in [5, 5.41) is 17.9. The molecule has 1 saturated heterocycles. The number of aliphatic carboxylic acids is 1. The van der Waals surface area contributed by atoms with Crippen LogP contribution < -0.4 is 5.32 Å². The highest BCUT2D eigenvalue weighted by atomic mass is 32.2. The molecule has 1 aromatic carbocycles. The van der Waals surface area contributed by atoms with E-state index in [4.69, 9.17) is 12.2 Å². The number of aromatic nitrogens is 3. The fraction of sp³-hybridized carbons (Fsp3) is 0.174. The predicted molar refractivity (Wildman–Crippen MR) is 135 cm³/mol. The van der Waals surface area contributed by atoms with Crippen LogP contribution in [0.1, 0.15) is 5.56 Å². The molecule has 11 heteroatoms. The average Bonchev–Trinajstić information content (AvgIpc) is 3.31. The normalized spacial score (nSPS) is 19.4. The molecule has 0 bridgehead atoms. The van der Waals surface area contributed by atoms with Crippen molar-refractivity contribution in [2.75, 3.05) is 5.75 Å². The van der Waals surface area contributed by atoms with Crippen molar-refractivity contribution in [3.05, 3.63) is 83.3 Å². The van der Waals surface area contributed by atoms with E-state index in [0.29, 0.717) is 22.1 Å². The molecule has 0 spiro atoms. The van der Waals surface area contributed by atoms with Crippen LogP contribution in [-0.2, 0) is 16.0 Å². The number of carboxylic acids is 1. The minimum atomic E-state index is -1.12. The fourth-order valence-corrected chi connectivity index (χ4v) is 6.67. The summed E-state index contributed by atoms with van der Waals surface area (Å²) in [5.41, 5.74) is 1.89. The number of β-lactam (4-membered cyclic amide) rings is 1. The van der Waals surface area contributed by atoms with E-state index in [2.05, 4.69) is 15.4 Å². The summed E-state index contributed by atoms with van der Waals surface area (Å²) in [7, 11) is 0. The maximum atomic E-state index is 13.0. The first-order valence-electron chi connectivity index (χ1n) is 10.4. The number of hydrogen-bond acceptors (Lipinski definition) is 7. The number of thiocarbonyl (C=S) groups is 1. The van der Waals surface area contributed by atoms with Gasteiger partial charge in [-0.05, 0) is 35.9 Å². The summed E-state index contributed by atoms with van der Waals surface area (Å²) in [4.78, 5) is 31.7. The van der Waals surface area contributed by atoms with Gasteiger partial charge < -0.3 is 10.4 Å². The standard InChI is InChI=1S/C23H19N5O3S3/c29-21-19(26-17(32)12-14-6-9-24-10-7-14)22-27(21)20(23(30)31)16(13-33-22)34-18-8-11-25-28(18)15-4-2-1-3-5-15/h1-11,19,22H,12-13H2,(H,26,32)(H,30,31)/t19-,22-/m1/s1. The van der Waals surface area contributed by atoms with E-state index in [-0.39, 0.29) is 17.0 Å². The molecule has 0 aliphatic carbocycles. The molecule has 4 heterocycles. The second kappa shape index (κ2) is 9.61. The largest absolute Gasteiger partial charge is 0.477 e. The Bertz CT molecular complexity index is 1280. The molecule has 2 aromatic heterocycles. The Labute approximate surface area is 209 Å². The van der Waals surface area contributed by atoms with Gasteiger partial charge in [-0.15, -0.1) is 11.8 Å². The Balaban J connectivity index is 1.34. The second-order valence-corrected chi connectivity index (χ2v) is 10.3. The average molecular weight is 510 g/mol. The Kier molecular flexibility index (Phi) is 6.40. The van der Waals surface area contributed by atoms with Gasteiger partial charge in [0.2, 0.25) is 0 Å². The van der Waals surface area contributed by atoms with E-state index in [0.717, 1.165) is 16.3 Å². The van der Waals surface area contributed by atoms with Crippen LogP contribution in [0.2, 0.25) is 0 Å². The molecule has 2 N–H and O–H groups in total. The number of hydrogen-bond donors (Lipinski definition) is 2. The number of amides is 1. The van der Waals surface area contributed by atoms with Crippen LogP contribution in [0.25, 0.3) is 5.69 Å². The molecule has 1 amide bonds. The molecule has 172 valence electrons. The SMILES string of the molecule is O=C(O)C1=C(Sc2ccnn2-c2ccccc2)CS[C@@H]2[C@H](NC(=S)Cc3ccncc3)C(=O)N12. The maximum Gasteiger partial charge on any atom is 0.353 e. The monoisotopic (exact) mass is 509 g/mol. The first kappa shape index (κ1) is 22.6. The predicted octanol–water partition coefficient (Wildman–Crippen LogP) is 3.10. The van der Waals surface area contributed by atoms with Crippen molar-refractivity contribution in [2.24, 2.45) is 0 Å². The quantitative estimate of drug-likeness (QED) is 0.368. The zero-order valence-electron chi connectivity index (χ0n) is 17.7. The van der Waals surface area contributed by atoms with Gasteiger partial charge in [0, 0.05) is 29.5 Å². The molecular formula is C23H19N5O3S3. The van der Waals surface area contributed by atoms with Crippen molar-refractivity contribution in [3.63, 3.8) is 0 Å². The van der Waals surface area contributed by atoms with Gasteiger partial charge >= 0.3 is 5.97 Å². The minimum absolute atomic E-state index is 0.0256. The Morgan fingerprint density at radius 1 is 1.18 bits per heavy atom. The van der Waals surface area contributed by atoms with E-state index in [1.165, 1.54) is 28.4 Å². The lowest BCUT2D eigenvalue weighted by Gasteiger charge is -2.49. The van der Waals surface area contributed by atoms with Gasteiger partial charge in [0.05, 0.1) is 16.9 Å². The van der Waals surface area contributed by atoms with Crippen LogP contribution >= 0.6 is 35.7 Å². The number of pyridine rings is 1. The Morgan fingerprint density at radius 3 is 2.68 bits per heavy atom. The highest BCUT2D eigenvalue weighted by molar-refractivity contribution is 8.06. The number of carbonyl (C=O) groups excluding carboxylic acids is 1. The summed E-state index contributed by atoms with van der Waals surface area (Å²) >= 11 is 8.29. The molecule has 8 nitrogen and oxygen atoms in total. The van der Waals surface area contributed by atoms with Gasteiger partial charge in [-0.1, -0.05) is 42.2 Å². The summed E-state index contributed by atoms with van der Waals surface area (Å²) in [5.74, 6) is -0.943. The maximum absolute atomic E-state index is 13.0. The third-order valence-corrected chi connectivity index (χ3v) is 8.23. The molecule has 2 aliphatic heterocycles. The molecule has 0 radical (unpaired) electrons. The van der Waals surface area contributed by atoms with E-state index < -0.39 is 12.0 Å². The number of fused-ring (bicyclic) bond motifs is 1. The molecule has 5 rings (SSSR count). The topological polar surface area (TPSA) is 100 Å². The first-order chi connectivity index (χ1) is 16.5. The third-order valence-electron chi connectivity index (χ3n) is 5.40. The van der Waals surface area contributed by atoms with Gasteiger partial charge in [-0.25, -0.2) is 9.48 Å². The lowest BCUT2D eigenvalue weighted by atomic mass is 10.0. The fourth-order valence-electron chi connectivity index (χ4n) is 3.84. The summed E-state index contributed by atoms with van der Waals surface area (Å²) in [6.45, 7) is 0. The van der Waals surface area contributed by atoms with E-state index in [1.54, 1.807) is 23.3 Å². The number of nitrogens with zero attached hydrogens (tertiary/aromatic N) is 4. The molecule has 0 unspecified atom stereocenters. The molecule has 2 atom stereocenters. The lowest BCUT2D eigenvalue weighted by molar-refractivity contribution is -0.148. The summed E-state index contributed by atoms with van der Waals surface area (Å²) in [6.07, 6.45) is 5.55. The minimum Gasteiger partial charge on any atom is -0.477 e. The van der Waals surface area contributed by atoms with Gasteiger partial charge in [0.15, 0.2) is 0 Å². The zero-order chi connectivity index (χ0) is 23.7. The van der Waals surface area contributed by atoms with Crippen LogP contribution in [-0.4, -0.2) is 58.8 Å². The van der Waals surface area contributed by atoms with Crippen molar-refractivity contribution in [1.29, 1.82) is 0 Å². The van der Waals surface area contributed by atoms with E-state index >= 15 is 0 Å². The number of para-hydroxylation sites is 1. The van der Waals surface area contributed by atoms with Gasteiger partial charge in [-0.3, -0.25) is 14.7 Å². The number of rotatable bonds is 7. The third kappa shape index (κ3) is 4.33. The highest BCUT2D eigenvalue weighted by Gasteiger charge is 2.54. The van der Waals surface area contributed by atoms with Crippen molar-refractivity contribution in [2.45, 2.75) is 22.9 Å². The van der Waals surface area contributed by atoms with Crippen molar-refractivity contribution >= 4 is 52.6 Å². The molecular weight excluding hydrogens is 490 g/mol. The highest BCUT2D eigenvalue weighted by Crippen LogP contribution is 2.45. The van der Waals surface area contributed by atoms with Crippen LogP contribution in [0, 0.1) is 0 Å². The van der Waals surface area contributed by atoms with Crippen LogP contribution in [0.5, 0.6) is 0 Å².